The molecule has 0 saturated carbocycles. The number of nitrogens with zero attached hydrogens (tertiary/aromatic N) is 4. The van der Waals surface area contributed by atoms with E-state index in [2.05, 4.69) is 33.1 Å². The van der Waals surface area contributed by atoms with E-state index in [1.54, 1.807) is 0 Å². The zero-order valence-electron chi connectivity index (χ0n) is 20.4. The van der Waals surface area contributed by atoms with Gasteiger partial charge in [-0.25, -0.2) is 13.1 Å². The molecule has 2 aliphatic heterocycles. The quantitative estimate of drug-likeness (QED) is 0.485. The number of hydrogen-bond acceptors (Lipinski definition) is 6. The molecule has 9 nitrogen and oxygen atoms in total. The molecule has 0 bridgehead atoms. The van der Waals surface area contributed by atoms with Crippen LogP contribution in [0, 0.1) is 0 Å². The number of carbonyl (C=O) groups excluding carboxylic acids is 1. The third kappa shape index (κ3) is 4.49. The van der Waals surface area contributed by atoms with Crippen molar-refractivity contribution in [1.29, 1.82) is 0 Å². The second kappa shape index (κ2) is 10.00. The fourth-order valence-electron chi connectivity index (χ4n) is 5.64. The van der Waals surface area contributed by atoms with E-state index in [4.69, 9.17) is 23.2 Å². The highest BCUT2D eigenvalue weighted by Gasteiger charge is 2.37. The molecule has 2 N–H and O–H groups in total. The van der Waals surface area contributed by atoms with Crippen LogP contribution in [-0.2, 0) is 40.6 Å². The number of hydrogen-bond donors (Lipinski definition) is 2. The normalized spacial score (nSPS) is 21.1. The molecule has 12 heteroatoms. The molecular weight excluding hydrogens is 547 g/mol. The molecule has 0 radical (unpaired) electrons. The molecule has 1 aliphatic carbocycles. The summed E-state index contributed by atoms with van der Waals surface area (Å²) in [6, 6.07) is 7.49. The van der Waals surface area contributed by atoms with Crippen molar-refractivity contribution in [2.75, 3.05) is 6.54 Å². The third-order valence-corrected chi connectivity index (χ3v) is 10.0. The molecule has 3 aliphatic rings. The Hall–Kier alpha value is -2.92. The summed E-state index contributed by atoms with van der Waals surface area (Å²) in [5.41, 5.74) is 6.06. The van der Waals surface area contributed by atoms with Crippen molar-refractivity contribution < 1.29 is 13.2 Å². The van der Waals surface area contributed by atoms with E-state index < -0.39 is 22.0 Å². The van der Waals surface area contributed by atoms with Crippen molar-refractivity contribution >= 4 is 39.1 Å². The van der Waals surface area contributed by atoms with Crippen molar-refractivity contribution in [3.63, 3.8) is 0 Å². The molecule has 2 aromatic carbocycles. The zero-order chi connectivity index (χ0) is 26.4. The van der Waals surface area contributed by atoms with Crippen LogP contribution in [0.15, 0.2) is 53.8 Å². The molecule has 2 atom stereocenters. The van der Waals surface area contributed by atoms with Gasteiger partial charge in [0.05, 0.1) is 26.7 Å². The van der Waals surface area contributed by atoms with Crippen LogP contribution in [0.3, 0.4) is 0 Å². The second-order valence-corrected chi connectivity index (χ2v) is 12.4. The minimum absolute atomic E-state index is 0.0521. The Kier molecular flexibility index (Phi) is 6.67. The maximum atomic E-state index is 13.5. The zero-order valence-corrected chi connectivity index (χ0v) is 22.7. The minimum atomic E-state index is -4.08. The molecule has 3 heterocycles. The van der Waals surface area contributed by atoms with Crippen molar-refractivity contribution in [2.45, 2.75) is 55.6 Å². The first-order valence-corrected chi connectivity index (χ1v) is 14.7. The van der Waals surface area contributed by atoms with Gasteiger partial charge in [0.25, 0.3) is 10.0 Å². The number of fused-ring (bicyclic) bond motifs is 3. The summed E-state index contributed by atoms with van der Waals surface area (Å²) in [4.78, 5) is 12.8. The number of aromatic nitrogens is 3. The van der Waals surface area contributed by atoms with Crippen molar-refractivity contribution in [1.82, 2.24) is 29.9 Å². The third-order valence-electron chi connectivity index (χ3n) is 7.50. The Bertz CT molecular complexity index is 1550. The second-order valence-electron chi connectivity index (χ2n) is 9.75. The summed E-state index contributed by atoms with van der Waals surface area (Å²) in [5.74, 6) is -0.450. The maximum Gasteiger partial charge on any atom is 0.264 e. The lowest BCUT2D eigenvalue weighted by atomic mass is 9.81. The summed E-state index contributed by atoms with van der Waals surface area (Å²) in [7, 11) is -4.08. The lowest BCUT2D eigenvalue weighted by Crippen LogP contribution is -2.50. The molecule has 0 spiro atoms. The first-order valence-electron chi connectivity index (χ1n) is 12.5. The smallest absolute Gasteiger partial charge is 0.264 e. The van der Waals surface area contributed by atoms with Crippen LogP contribution in [0.25, 0.3) is 0 Å². The van der Waals surface area contributed by atoms with Crippen molar-refractivity contribution in [3.05, 3.63) is 86.9 Å². The fourth-order valence-corrected chi connectivity index (χ4v) is 7.48. The van der Waals surface area contributed by atoms with Crippen LogP contribution >= 0.6 is 23.2 Å². The molecule has 38 heavy (non-hydrogen) atoms. The van der Waals surface area contributed by atoms with Gasteiger partial charge in [0.1, 0.15) is 6.04 Å². The summed E-state index contributed by atoms with van der Waals surface area (Å²) >= 11 is 12.0. The highest BCUT2D eigenvalue weighted by atomic mass is 35.5. The first kappa shape index (κ1) is 25.4. The summed E-state index contributed by atoms with van der Waals surface area (Å²) in [6.45, 7) is 1.89. The van der Waals surface area contributed by atoms with Crippen LogP contribution in [0.4, 0.5) is 0 Å². The van der Waals surface area contributed by atoms with Crippen molar-refractivity contribution in [2.24, 2.45) is 0 Å². The lowest BCUT2D eigenvalue weighted by molar-refractivity contribution is -0.124. The highest BCUT2D eigenvalue weighted by molar-refractivity contribution is 7.89. The monoisotopic (exact) mass is 572 g/mol. The highest BCUT2D eigenvalue weighted by Crippen LogP contribution is 2.36. The average Bonchev–Trinajstić information content (AvgIpc) is 3.39. The SMILES string of the molecule is O=C1NC=CN(S(=O)(=O)c2ccc(Cl)c(Cl)c2)C1Cc1cn(C2CCCc3c2ccc2c3CCNC2)nn1. The topological polar surface area (TPSA) is 109 Å². The van der Waals surface area contributed by atoms with E-state index in [-0.39, 0.29) is 27.4 Å². The molecule has 0 saturated heterocycles. The Balaban J connectivity index is 1.28. The number of rotatable bonds is 5. The molecule has 6 rings (SSSR count). The first-order chi connectivity index (χ1) is 18.3. The van der Waals surface area contributed by atoms with E-state index >= 15 is 0 Å². The number of carbonyl (C=O) groups is 1. The van der Waals surface area contributed by atoms with Gasteiger partial charge in [-0.1, -0.05) is 40.5 Å². The molecule has 2 unspecified atom stereocenters. The summed E-state index contributed by atoms with van der Waals surface area (Å²) in [5, 5.41) is 15.2. The lowest BCUT2D eigenvalue weighted by Gasteiger charge is -2.31. The Morgan fingerprint density at radius 2 is 1.95 bits per heavy atom. The van der Waals surface area contributed by atoms with Gasteiger partial charge in [-0.15, -0.1) is 5.10 Å². The standard InChI is InChI=1S/C26H26Cl2N6O3S/c27-22-7-5-18(13-23(22)28)38(36,37)34-11-10-30-26(35)25(34)12-17-15-33(32-31-17)24-3-1-2-20-19-8-9-29-14-16(19)4-6-21(20)24/h4-7,10-11,13,15,24-25,29H,1-3,8-9,12,14H2,(H,30,35). The Morgan fingerprint density at radius 3 is 2.79 bits per heavy atom. The van der Waals surface area contributed by atoms with Crippen molar-refractivity contribution in [3.8, 4) is 0 Å². The van der Waals surface area contributed by atoms with E-state index in [9.17, 15) is 13.2 Å². The predicted molar refractivity (Wildman–Crippen MR) is 143 cm³/mol. The summed E-state index contributed by atoms with van der Waals surface area (Å²) in [6.07, 6.45) is 8.62. The Morgan fingerprint density at radius 1 is 1.08 bits per heavy atom. The van der Waals surface area contributed by atoms with E-state index in [1.165, 1.54) is 52.9 Å². The van der Waals surface area contributed by atoms with Gasteiger partial charge in [0.2, 0.25) is 5.91 Å². The predicted octanol–water partition coefficient (Wildman–Crippen LogP) is 3.36. The van der Waals surface area contributed by atoms with Gasteiger partial charge in [0, 0.05) is 31.6 Å². The average molecular weight is 574 g/mol. The molecule has 1 amide bonds. The van der Waals surface area contributed by atoms with Gasteiger partial charge in [-0.3, -0.25) is 9.10 Å². The van der Waals surface area contributed by atoms with E-state index in [0.29, 0.717) is 5.69 Å². The van der Waals surface area contributed by atoms with Gasteiger partial charge >= 0.3 is 0 Å². The number of benzene rings is 2. The number of nitrogens with one attached hydrogen (secondary N) is 2. The van der Waals surface area contributed by atoms with E-state index in [0.717, 1.165) is 43.1 Å². The van der Waals surface area contributed by atoms with Gasteiger partial charge in [-0.2, -0.15) is 0 Å². The number of sulfonamides is 1. The van der Waals surface area contributed by atoms with Gasteiger partial charge in [-0.05, 0) is 72.7 Å². The van der Waals surface area contributed by atoms with Crippen LogP contribution in [-0.4, -0.2) is 46.2 Å². The van der Waals surface area contributed by atoms with Gasteiger partial charge < -0.3 is 10.6 Å². The molecule has 3 aromatic rings. The minimum Gasteiger partial charge on any atom is -0.329 e. The molecule has 1 aromatic heterocycles. The Labute approximate surface area is 230 Å². The van der Waals surface area contributed by atoms with Crippen LogP contribution in [0.1, 0.15) is 46.8 Å². The van der Waals surface area contributed by atoms with Crippen LogP contribution in [0.5, 0.6) is 0 Å². The molecule has 0 fully saturated rings. The molecular formula is C26H26Cl2N6O3S. The largest absolute Gasteiger partial charge is 0.329 e. The van der Waals surface area contributed by atoms with Gasteiger partial charge in [0.15, 0.2) is 0 Å². The fraction of sp³-hybridized carbons (Fsp3) is 0.346. The van der Waals surface area contributed by atoms with E-state index in [1.807, 2.05) is 10.9 Å². The van der Waals surface area contributed by atoms with Crippen LogP contribution < -0.4 is 10.6 Å². The summed E-state index contributed by atoms with van der Waals surface area (Å²) < 4.78 is 29.8. The number of halogens is 2. The number of amides is 1. The maximum absolute atomic E-state index is 13.5. The van der Waals surface area contributed by atoms with Crippen LogP contribution in [0.2, 0.25) is 10.0 Å². The molecule has 198 valence electrons.